The number of aryl methyl sites for hydroxylation is 2. The Morgan fingerprint density at radius 1 is 1.44 bits per heavy atom. The van der Waals surface area contributed by atoms with Gasteiger partial charge in [0.1, 0.15) is 5.69 Å². The molecule has 2 rings (SSSR count). The number of hydrogen-bond donors (Lipinski definition) is 0. The molecule has 2 aromatic heterocycles. The molecule has 0 saturated heterocycles. The minimum atomic E-state index is -0.175. The molecule has 0 unspecified atom stereocenters. The number of Topliss-reactive ketones (excluding diaryl/α,β-unsaturated/α-hetero) is 1. The second kappa shape index (κ2) is 5.08. The molecule has 0 radical (unpaired) electrons. The summed E-state index contributed by atoms with van der Waals surface area (Å²) in [6.07, 6.45) is 1.67. The minimum absolute atomic E-state index is 0.132. The number of halogens is 2. The molecule has 0 aliphatic carbocycles. The van der Waals surface area contributed by atoms with E-state index in [2.05, 4.69) is 10.1 Å². The molecule has 0 atom stereocenters. The van der Waals surface area contributed by atoms with Crippen LogP contribution in [0.15, 0.2) is 18.3 Å². The molecule has 94 valence electrons. The van der Waals surface area contributed by atoms with Crippen molar-refractivity contribution in [3.05, 3.63) is 45.5 Å². The smallest absolute Gasteiger partial charge is 0.188 e. The van der Waals surface area contributed by atoms with E-state index in [4.69, 9.17) is 23.2 Å². The van der Waals surface area contributed by atoms with Gasteiger partial charge in [-0.1, -0.05) is 23.2 Å². The number of carbonyl (C=O) groups excluding carboxylic acids is 1. The Morgan fingerprint density at radius 2 is 2.17 bits per heavy atom. The average Bonchev–Trinajstić information content (AvgIpc) is 2.56. The highest BCUT2D eigenvalue weighted by atomic mass is 35.5. The summed E-state index contributed by atoms with van der Waals surface area (Å²) in [4.78, 5) is 16.1. The van der Waals surface area contributed by atoms with Gasteiger partial charge in [-0.05, 0) is 19.1 Å². The Labute approximate surface area is 115 Å². The molecule has 2 heterocycles. The molecular formula is C12H11Cl2N3O. The summed E-state index contributed by atoms with van der Waals surface area (Å²) in [5.74, 6) is -0.175. The highest BCUT2D eigenvalue weighted by molar-refractivity contribution is 6.34. The van der Waals surface area contributed by atoms with Crippen LogP contribution in [0.25, 0.3) is 0 Å². The third kappa shape index (κ3) is 2.40. The molecular weight excluding hydrogens is 273 g/mol. The van der Waals surface area contributed by atoms with Gasteiger partial charge in [0.15, 0.2) is 5.78 Å². The van der Waals surface area contributed by atoms with Gasteiger partial charge in [0, 0.05) is 13.2 Å². The second-order valence-electron chi connectivity index (χ2n) is 3.90. The Kier molecular flexibility index (Phi) is 3.68. The number of pyridine rings is 1. The van der Waals surface area contributed by atoms with Crippen LogP contribution in [0.1, 0.15) is 21.9 Å². The van der Waals surface area contributed by atoms with Crippen LogP contribution in [0.2, 0.25) is 10.0 Å². The molecule has 0 amide bonds. The topological polar surface area (TPSA) is 47.8 Å². The minimum Gasteiger partial charge on any atom is -0.292 e. The lowest BCUT2D eigenvalue weighted by molar-refractivity contribution is 0.0986. The van der Waals surface area contributed by atoms with E-state index in [9.17, 15) is 4.79 Å². The monoisotopic (exact) mass is 283 g/mol. The lowest BCUT2D eigenvalue weighted by Crippen LogP contribution is -2.10. The standard InChI is InChI=1S/C12H11Cl2N3O/c1-7-11(14)9(17(2)16-7)6-10(18)12-8(13)4-3-5-15-12/h3-5H,6H2,1-2H3. The van der Waals surface area contributed by atoms with E-state index < -0.39 is 0 Å². The third-order valence-electron chi connectivity index (χ3n) is 2.61. The Balaban J connectivity index is 2.30. The summed E-state index contributed by atoms with van der Waals surface area (Å²) in [7, 11) is 1.75. The summed E-state index contributed by atoms with van der Waals surface area (Å²) in [6.45, 7) is 1.80. The first-order chi connectivity index (χ1) is 8.50. The Bertz CT molecular complexity index is 607. The maximum absolute atomic E-state index is 12.1. The predicted octanol–water partition coefficient (Wildman–Crippen LogP) is 2.86. The van der Waals surface area contributed by atoms with Crippen molar-refractivity contribution in [2.24, 2.45) is 7.05 Å². The highest BCUT2D eigenvalue weighted by Gasteiger charge is 2.18. The molecule has 0 aliphatic rings. The van der Waals surface area contributed by atoms with Crippen LogP contribution in [0.3, 0.4) is 0 Å². The molecule has 0 saturated carbocycles. The number of nitrogens with zero attached hydrogens (tertiary/aromatic N) is 3. The van der Waals surface area contributed by atoms with Crippen molar-refractivity contribution < 1.29 is 4.79 Å². The largest absolute Gasteiger partial charge is 0.292 e. The third-order valence-corrected chi connectivity index (χ3v) is 3.41. The second-order valence-corrected chi connectivity index (χ2v) is 4.69. The van der Waals surface area contributed by atoms with E-state index in [-0.39, 0.29) is 17.9 Å². The quantitative estimate of drug-likeness (QED) is 0.814. The van der Waals surface area contributed by atoms with Gasteiger partial charge in [-0.3, -0.25) is 14.5 Å². The molecule has 2 aromatic rings. The van der Waals surface area contributed by atoms with E-state index >= 15 is 0 Å². The summed E-state index contributed by atoms with van der Waals surface area (Å²) < 4.78 is 1.60. The van der Waals surface area contributed by atoms with Gasteiger partial charge < -0.3 is 0 Å². The first-order valence-electron chi connectivity index (χ1n) is 5.32. The normalized spacial score (nSPS) is 10.7. The number of rotatable bonds is 3. The van der Waals surface area contributed by atoms with E-state index in [1.165, 1.54) is 6.20 Å². The summed E-state index contributed by atoms with van der Waals surface area (Å²) in [6, 6.07) is 3.32. The van der Waals surface area contributed by atoms with Gasteiger partial charge in [0.05, 0.1) is 27.9 Å². The van der Waals surface area contributed by atoms with Crippen molar-refractivity contribution in [2.45, 2.75) is 13.3 Å². The van der Waals surface area contributed by atoms with E-state index in [0.717, 1.165) is 0 Å². The van der Waals surface area contributed by atoms with Crippen LogP contribution < -0.4 is 0 Å². The maximum Gasteiger partial charge on any atom is 0.188 e. The van der Waals surface area contributed by atoms with Crippen molar-refractivity contribution in [1.82, 2.24) is 14.8 Å². The zero-order valence-corrected chi connectivity index (χ0v) is 11.5. The fourth-order valence-electron chi connectivity index (χ4n) is 1.70. The number of hydrogen-bond acceptors (Lipinski definition) is 3. The van der Waals surface area contributed by atoms with Gasteiger partial charge in [0.25, 0.3) is 0 Å². The van der Waals surface area contributed by atoms with Crippen molar-refractivity contribution in [2.75, 3.05) is 0 Å². The average molecular weight is 284 g/mol. The molecule has 0 N–H and O–H groups in total. The van der Waals surface area contributed by atoms with Gasteiger partial charge in [0.2, 0.25) is 0 Å². The Hall–Kier alpha value is -1.39. The van der Waals surface area contributed by atoms with Crippen LogP contribution in [-0.4, -0.2) is 20.5 Å². The first-order valence-corrected chi connectivity index (χ1v) is 6.08. The molecule has 18 heavy (non-hydrogen) atoms. The molecule has 6 heteroatoms. The summed E-state index contributed by atoms with van der Waals surface area (Å²) in [5, 5.41) is 5.02. The summed E-state index contributed by atoms with van der Waals surface area (Å²) >= 11 is 12.0. The molecule has 4 nitrogen and oxygen atoms in total. The van der Waals surface area contributed by atoms with Crippen LogP contribution in [0.4, 0.5) is 0 Å². The molecule has 0 aliphatic heterocycles. The molecule has 0 fully saturated rings. The van der Waals surface area contributed by atoms with Crippen molar-refractivity contribution in [1.29, 1.82) is 0 Å². The fraction of sp³-hybridized carbons (Fsp3) is 0.250. The summed E-state index contributed by atoms with van der Waals surface area (Å²) in [5.41, 5.74) is 1.63. The maximum atomic E-state index is 12.1. The zero-order chi connectivity index (χ0) is 13.3. The van der Waals surface area contributed by atoms with Gasteiger partial charge >= 0.3 is 0 Å². The molecule has 0 aromatic carbocycles. The van der Waals surface area contributed by atoms with E-state index in [0.29, 0.717) is 21.4 Å². The van der Waals surface area contributed by atoms with Crippen LogP contribution >= 0.6 is 23.2 Å². The van der Waals surface area contributed by atoms with Crippen molar-refractivity contribution in [3.8, 4) is 0 Å². The van der Waals surface area contributed by atoms with Crippen LogP contribution in [0, 0.1) is 6.92 Å². The lowest BCUT2D eigenvalue weighted by atomic mass is 10.1. The number of aromatic nitrogens is 3. The van der Waals surface area contributed by atoms with Crippen molar-refractivity contribution >= 4 is 29.0 Å². The fourth-order valence-corrected chi connectivity index (χ4v) is 2.15. The van der Waals surface area contributed by atoms with E-state index in [1.54, 1.807) is 30.8 Å². The zero-order valence-electron chi connectivity index (χ0n) is 9.94. The van der Waals surface area contributed by atoms with Gasteiger partial charge in [-0.2, -0.15) is 5.10 Å². The van der Waals surface area contributed by atoms with Crippen molar-refractivity contribution in [3.63, 3.8) is 0 Å². The lowest BCUT2D eigenvalue weighted by Gasteiger charge is -2.03. The molecule has 0 spiro atoms. The van der Waals surface area contributed by atoms with Gasteiger partial charge in [-0.15, -0.1) is 0 Å². The Morgan fingerprint density at radius 3 is 2.72 bits per heavy atom. The first kappa shape index (κ1) is 13.1. The predicted molar refractivity (Wildman–Crippen MR) is 70.2 cm³/mol. The SMILES string of the molecule is Cc1nn(C)c(CC(=O)c2ncccc2Cl)c1Cl. The highest BCUT2D eigenvalue weighted by Crippen LogP contribution is 2.22. The number of ketones is 1. The van der Waals surface area contributed by atoms with E-state index in [1.807, 2.05) is 0 Å². The number of carbonyl (C=O) groups is 1. The van der Waals surface area contributed by atoms with Crippen LogP contribution in [0.5, 0.6) is 0 Å². The van der Waals surface area contributed by atoms with Gasteiger partial charge in [-0.25, -0.2) is 0 Å². The molecule has 0 bridgehead atoms. The van der Waals surface area contributed by atoms with Crippen LogP contribution in [-0.2, 0) is 13.5 Å².